The van der Waals surface area contributed by atoms with E-state index in [0.29, 0.717) is 6.04 Å². The van der Waals surface area contributed by atoms with Crippen LogP contribution in [0.25, 0.3) is 4.96 Å². The average Bonchev–Trinajstić information content (AvgIpc) is 2.86. The van der Waals surface area contributed by atoms with Gasteiger partial charge >= 0.3 is 0 Å². The van der Waals surface area contributed by atoms with Gasteiger partial charge < -0.3 is 10.2 Å². The first-order chi connectivity index (χ1) is 9.72. The summed E-state index contributed by atoms with van der Waals surface area (Å²) in [5.74, 6) is 1.98. The monoisotopic (exact) mass is 290 g/mol. The van der Waals surface area contributed by atoms with Crippen LogP contribution in [0.5, 0.6) is 0 Å². The zero-order valence-corrected chi connectivity index (χ0v) is 13.0. The molecule has 1 aliphatic heterocycles. The molecule has 2 fully saturated rings. The zero-order chi connectivity index (χ0) is 13.7. The summed E-state index contributed by atoms with van der Waals surface area (Å²) < 4.78 is 2.27. The van der Waals surface area contributed by atoms with Gasteiger partial charge in [0.15, 0.2) is 10.8 Å². The number of nitrogens with zero attached hydrogens (tertiary/aromatic N) is 3. The lowest BCUT2D eigenvalue weighted by Crippen LogP contribution is -2.29. The van der Waals surface area contributed by atoms with Gasteiger partial charge in [-0.25, -0.2) is 4.98 Å². The molecule has 2 atom stereocenters. The summed E-state index contributed by atoms with van der Waals surface area (Å²) in [5.41, 5.74) is 1.34. The summed E-state index contributed by atoms with van der Waals surface area (Å²) in [6.07, 6.45) is 6.10. The van der Waals surface area contributed by atoms with Crippen molar-refractivity contribution < 1.29 is 0 Å². The van der Waals surface area contributed by atoms with Gasteiger partial charge in [0.05, 0.1) is 5.69 Å². The van der Waals surface area contributed by atoms with E-state index in [1.165, 1.54) is 30.8 Å². The third-order valence-corrected chi connectivity index (χ3v) is 5.29. The SMILES string of the molecule is CC1CC(C)N(c2nc3sccn3c2CNC2CC2)C1. The van der Waals surface area contributed by atoms with Gasteiger partial charge in [0.1, 0.15) is 0 Å². The minimum Gasteiger partial charge on any atom is -0.352 e. The normalized spacial score (nSPS) is 26.8. The Morgan fingerprint density at radius 1 is 1.40 bits per heavy atom. The van der Waals surface area contributed by atoms with Crippen LogP contribution in [-0.4, -0.2) is 28.0 Å². The molecule has 4 rings (SSSR count). The third-order valence-electron chi connectivity index (χ3n) is 4.53. The van der Waals surface area contributed by atoms with Crippen molar-refractivity contribution in [3.8, 4) is 0 Å². The fourth-order valence-corrected chi connectivity index (χ4v) is 4.07. The van der Waals surface area contributed by atoms with Crippen LogP contribution in [0.1, 0.15) is 38.8 Å². The number of imidazole rings is 1. The van der Waals surface area contributed by atoms with Crippen LogP contribution in [-0.2, 0) is 6.54 Å². The molecule has 20 heavy (non-hydrogen) atoms. The van der Waals surface area contributed by atoms with Crippen molar-refractivity contribution in [3.63, 3.8) is 0 Å². The molecule has 2 aromatic rings. The number of hydrogen-bond acceptors (Lipinski definition) is 4. The smallest absolute Gasteiger partial charge is 0.195 e. The molecule has 2 aliphatic rings. The largest absolute Gasteiger partial charge is 0.352 e. The fourth-order valence-electron chi connectivity index (χ4n) is 3.34. The number of anilines is 1. The van der Waals surface area contributed by atoms with E-state index in [2.05, 4.69) is 40.0 Å². The Labute approximate surface area is 123 Å². The summed E-state index contributed by atoms with van der Waals surface area (Å²) in [6, 6.07) is 1.34. The fraction of sp³-hybridized carbons (Fsp3) is 0.667. The van der Waals surface area contributed by atoms with Gasteiger partial charge in [-0.1, -0.05) is 6.92 Å². The summed E-state index contributed by atoms with van der Waals surface area (Å²) in [5, 5.41) is 5.78. The van der Waals surface area contributed by atoms with E-state index in [1.807, 2.05) is 0 Å². The Balaban J connectivity index is 1.69. The van der Waals surface area contributed by atoms with Crippen LogP contribution in [0, 0.1) is 5.92 Å². The minimum atomic E-state index is 0.606. The van der Waals surface area contributed by atoms with E-state index in [9.17, 15) is 0 Å². The topological polar surface area (TPSA) is 32.6 Å². The summed E-state index contributed by atoms with van der Waals surface area (Å²) in [7, 11) is 0. The highest BCUT2D eigenvalue weighted by Crippen LogP contribution is 2.33. The van der Waals surface area contributed by atoms with Gasteiger partial charge in [-0.15, -0.1) is 11.3 Å². The molecule has 5 heteroatoms. The van der Waals surface area contributed by atoms with E-state index in [-0.39, 0.29) is 0 Å². The lowest BCUT2D eigenvalue weighted by atomic mass is 10.1. The zero-order valence-electron chi connectivity index (χ0n) is 12.2. The lowest BCUT2D eigenvalue weighted by Gasteiger charge is -2.22. The molecule has 1 saturated heterocycles. The third kappa shape index (κ3) is 2.13. The second-order valence-electron chi connectivity index (χ2n) is 6.44. The highest BCUT2D eigenvalue weighted by atomic mass is 32.1. The molecular weight excluding hydrogens is 268 g/mol. The predicted octanol–water partition coefficient (Wildman–Crippen LogP) is 2.88. The quantitative estimate of drug-likeness (QED) is 0.940. The van der Waals surface area contributed by atoms with Crippen molar-refractivity contribution in [2.24, 2.45) is 5.92 Å². The first-order valence-electron chi connectivity index (χ1n) is 7.67. The van der Waals surface area contributed by atoms with E-state index in [4.69, 9.17) is 4.98 Å². The van der Waals surface area contributed by atoms with Crippen molar-refractivity contribution in [1.29, 1.82) is 0 Å². The van der Waals surface area contributed by atoms with E-state index in [1.54, 1.807) is 11.3 Å². The molecule has 0 spiro atoms. The molecule has 1 N–H and O–H groups in total. The predicted molar refractivity (Wildman–Crippen MR) is 83.5 cm³/mol. The summed E-state index contributed by atoms with van der Waals surface area (Å²) in [6.45, 7) is 6.75. The van der Waals surface area contributed by atoms with Gasteiger partial charge in [-0.3, -0.25) is 4.40 Å². The van der Waals surface area contributed by atoms with Crippen LogP contribution in [0.15, 0.2) is 11.6 Å². The molecule has 2 aromatic heterocycles. The van der Waals surface area contributed by atoms with Crippen molar-refractivity contribution in [2.45, 2.75) is 51.7 Å². The second-order valence-corrected chi connectivity index (χ2v) is 7.31. The van der Waals surface area contributed by atoms with Gasteiger partial charge in [-0.05, 0) is 32.1 Å². The maximum atomic E-state index is 4.91. The van der Waals surface area contributed by atoms with E-state index in [0.717, 1.165) is 30.0 Å². The van der Waals surface area contributed by atoms with Crippen molar-refractivity contribution in [2.75, 3.05) is 11.4 Å². The van der Waals surface area contributed by atoms with Gasteiger partial charge in [-0.2, -0.15) is 0 Å². The highest BCUT2D eigenvalue weighted by molar-refractivity contribution is 7.15. The van der Waals surface area contributed by atoms with Crippen LogP contribution >= 0.6 is 11.3 Å². The maximum absolute atomic E-state index is 4.91. The average molecular weight is 290 g/mol. The molecular formula is C15H22N4S. The number of nitrogens with one attached hydrogen (secondary N) is 1. The van der Waals surface area contributed by atoms with Crippen molar-refractivity contribution in [1.82, 2.24) is 14.7 Å². The van der Waals surface area contributed by atoms with Crippen LogP contribution in [0.2, 0.25) is 0 Å². The number of fused-ring (bicyclic) bond motifs is 1. The molecule has 108 valence electrons. The number of rotatable bonds is 4. The van der Waals surface area contributed by atoms with Crippen molar-refractivity contribution >= 4 is 22.1 Å². The molecule has 0 bridgehead atoms. The Morgan fingerprint density at radius 3 is 2.95 bits per heavy atom. The Morgan fingerprint density at radius 2 is 2.25 bits per heavy atom. The number of hydrogen-bond donors (Lipinski definition) is 1. The molecule has 3 heterocycles. The van der Waals surface area contributed by atoms with Gasteiger partial charge in [0.2, 0.25) is 0 Å². The first-order valence-corrected chi connectivity index (χ1v) is 8.55. The summed E-state index contributed by atoms with van der Waals surface area (Å²) >= 11 is 1.73. The lowest BCUT2D eigenvalue weighted by molar-refractivity contribution is 0.624. The standard InChI is InChI=1S/C15H22N4S/c1-10-7-11(2)19(9-10)14-13(8-16-12-3-4-12)18-5-6-20-15(18)17-14/h5-6,10-12,16H,3-4,7-9H2,1-2H3. The Hall–Kier alpha value is -1.07. The molecule has 0 aromatic carbocycles. The summed E-state index contributed by atoms with van der Waals surface area (Å²) in [4.78, 5) is 8.54. The Bertz CT molecular complexity index is 612. The maximum Gasteiger partial charge on any atom is 0.195 e. The number of aromatic nitrogens is 2. The molecule has 0 radical (unpaired) electrons. The second kappa shape index (κ2) is 4.74. The van der Waals surface area contributed by atoms with Gasteiger partial charge in [0, 0.05) is 36.8 Å². The first kappa shape index (κ1) is 12.7. The minimum absolute atomic E-state index is 0.606. The molecule has 0 amide bonds. The van der Waals surface area contributed by atoms with Crippen LogP contribution in [0.3, 0.4) is 0 Å². The molecule has 1 saturated carbocycles. The van der Waals surface area contributed by atoms with Crippen molar-refractivity contribution in [3.05, 3.63) is 17.3 Å². The van der Waals surface area contributed by atoms with Crippen LogP contribution in [0.4, 0.5) is 5.82 Å². The van der Waals surface area contributed by atoms with Gasteiger partial charge in [0.25, 0.3) is 0 Å². The van der Waals surface area contributed by atoms with E-state index >= 15 is 0 Å². The highest BCUT2D eigenvalue weighted by Gasteiger charge is 2.31. The molecule has 1 aliphatic carbocycles. The number of thiazole rings is 1. The Kier molecular flexibility index (Phi) is 3.00. The molecule has 4 nitrogen and oxygen atoms in total. The van der Waals surface area contributed by atoms with E-state index < -0.39 is 0 Å². The molecule has 2 unspecified atom stereocenters. The van der Waals surface area contributed by atoms with Crippen LogP contribution < -0.4 is 10.2 Å².